The van der Waals surface area contributed by atoms with Gasteiger partial charge in [0, 0.05) is 19.3 Å². The van der Waals surface area contributed by atoms with Crippen molar-refractivity contribution in [3.05, 3.63) is 71.9 Å². The Bertz CT molecular complexity index is 959. The molecule has 0 aliphatic carbocycles. The molecule has 3 heterocycles. The number of hydrogen-bond acceptors (Lipinski definition) is 6. The van der Waals surface area contributed by atoms with E-state index in [9.17, 15) is 4.79 Å². The number of pyridine rings is 1. The number of ether oxygens (including phenoxy) is 1. The molecule has 7 heteroatoms. The number of aromatic nitrogens is 2. The van der Waals surface area contributed by atoms with Crippen molar-refractivity contribution in [1.29, 1.82) is 0 Å². The van der Waals surface area contributed by atoms with E-state index in [0.717, 1.165) is 37.1 Å². The zero-order valence-electron chi connectivity index (χ0n) is 17.1. The van der Waals surface area contributed by atoms with Gasteiger partial charge < -0.3 is 19.4 Å². The third kappa shape index (κ3) is 4.79. The fourth-order valence-corrected chi connectivity index (χ4v) is 3.62. The maximum Gasteiger partial charge on any atom is 0.298 e. The number of carbonyl (C=O) groups excluding carboxylic acids is 1. The van der Waals surface area contributed by atoms with E-state index in [2.05, 4.69) is 20.2 Å². The summed E-state index contributed by atoms with van der Waals surface area (Å²) < 4.78 is 11.8. The van der Waals surface area contributed by atoms with E-state index in [1.807, 2.05) is 42.5 Å². The molecule has 0 saturated carbocycles. The highest BCUT2D eigenvalue weighted by Crippen LogP contribution is 2.27. The minimum atomic E-state index is -0.254. The van der Waals surface area contributed by atoms with Gasteiger partial charge in [-0.05, 0) is 43.9 Å². The van der Waals surface area contributed by atoms with Crippen molar-refractivity contribution in [2.24, 2.45) is 0 Å². The van der Waals surface area contributed by atoms with Gasteiger partial charge in [-0.25, -0.2) is 0 Å². The Balaban J connectivity index is 1.42. The zero-order valence-corrected chi connectivity index (χ0v) is 17.1. The first kappa shape index (κ1) is 19.9. The first-order valence-corrected chi connectivity index (χ1v) is 10.3. The van der Waals surface area contributed by atoms with Crippen LogP contribution < -0.4 is 15.0 Å². The number of benzene rings is 1. The SMILES string of the molecule is Cc1nc(N2CCCCC2COc2cccnc2)oc1C(=O)NCc1ccccc1. The lowest BCUT2D eigenvalue weighted by molar-refractivity contribution is 0.0922. The van der Waals surface area contributed by atoms with Crippen LogP contribution in [0, 0.1) is 6.92 Å². The molecule has 156 valence electrons. The molecule has 1 fully saturated rings. The Labute approximate surface area is 176 Å². The smallest absolute Gasteiger partial charge is 0.298 e. The zero-order chi connectivity index (χ0) is 20.8. The second-order valence-electron chi connectivity index (χ2n) is 7.42. The van der Waals surface area contributed by atoms with Crippen LogP contribution in [0.5, 0.6) is 5.75 Å². The van der Waals surface area contributed by atoms with Gasteiger partial charge in [0.25, 0.3) is 11.9 Å². The fraction of sp³-hybridized carbons (Fsp3) is 0.348. The van der Waals surface area contributed by atoms with Crippen LogP contribution in [0.1, 0.15) is 41.1 Å². The molecule has 0 radical (unpaired) electrons. The van der Waals surface area contributed by atoms with E-state index in [0.29, 0.717) is 24.9 Å². The van der Waals surface area contributed by atoms with Gasteiger partial charge in [0.1, 0.15) is 12.4 Å². The number of hydrogen-bond donors (Lipinski definition) is 1. The molecule has 4 rings (SSSR count). The maximum atomic E-state index is 12.6. The molecule has 1 unspecified atom stereocenters. The number of nitrogens with zero attached hydrogens (tertiary/aromatic N) is 3. The topological polar surface area (TPSA) is 80.5 Å². The van der Waals surface area contributed by atoms with Gasteiger partial charge in [-0.1, -0.05) is 30.3 Å². The summed E-state index contributed by atoms with van der Waals surface area (Å²) in [6.45, 7) is 3.59. The fourth-order valence-electron chi connectivity index (χ4n) is 3.62. The van der Waals surface area contributed by atoms with Gasteiger partial charge in [-0.15, -0.1) is 0 Å². The maximum absolute atomic E-state index is 12.6. The molecule has 1 saturated heterocycles. The van der Waals surface area contributed by atoms with Crippen molar-refractivity contribution in [1.82, 2.24) is 15.3 Å². The highest BCUT2D eigenvalue weighted by Gasteiger charge is 2.29. The third-order valence-corrected chi connectivity index (χ3v) is 5.24. The Morgan fingerprint density at radius 3 is 2.90 bits per heavy atom. The Kier molecular flexibility index (Phi) is 6.27. The molecule has 1 aliphatic rings. The average molecular weight is 406 g/mol. The Morgan fingerprint density at radius 2 is 2.10 bits per heavy atom. The van der Waals surface area contributed by atoms with Gasteiger partial charge in [0.2, 0.25) is 5.76 Å². The van der Waals surface area contributed by atoms with E-state index in [-0.39, 0.29) is 17.7 Å². The second-order valence-corrected chi connectivity index (χ2v) is 7.42. The molecule has 0 bridgehead atoms. The Morgan fingerprint density at radius 1 is 1.23 bits per heavy atom. The highest BCUT2D eigenvalue weighted by molar-refractivity contribution is 5.92. The molecule has 7 nitrogen and oxygen atoms in total. The van der Waals surface area contributed by atoms with Crippen LogP contribution in [0.4, 0.5) is 6.01 Å². The largest absolute Gasteiger partial charge is 0.490 e. The van der Waals surface area contributed by atoms with Gasteiger partial charge in [0.05, 0.1) is 17.9 Å². The standard InChI is InChI=1S/C23H26N4O3/c1-17-21(22(28)25-14-18-8-3-2-4-9-18)30-23(26-17)27-13-6-5-10-19(27)16-29-20-11-7-12-24-15-20/h2-4,7-9,11-12,15,19H,5-6,10,13-14,16H2,1H3,(H,25,28). The average Bonchev–Trinajstić information content (AvgIpc) is 3.19. The van der Waals surface area contributed by atoms with E-state index >= 15 is 0 Å². The van der Waals surface area contributed by atoms with E-state index in [4.69, 9.17) is 9.15 Å². The van der Waals surface area contributed by atoms with Crippen molar-refractivity contribution in [2.45, 2.75) is 38.8 Å². The first-order chi connectivity index (χ1) is 14.7. The quantitative estimate of drug-likeness (QED) is 0.644. The number of carbonyl (C=O) groups is 1. The summed E-state index contributed by atoms with van der Waals surface area (Å²) in [4.78, 5) is 23.4. The van der Waals surface area contributed by atoms with Crippen LogP contribution in [0.2, 0.25) is 0 Å². The van der Waals surface area contributed by atoms with Crippen molar-refractivity contribution >= 4 is 11.9 Å². The monoisotopic (exact) mass is 406 g/mol. The van der Waals surface area contributed by atoms with E-state index in [1.54, 1.807) is 19.3 Å². The van der Waals surface area contributed by atoms with Crippen LogP contribution in [0.25, 0.3) is 0 Å². The van der Waals surface area contributed by atoms with Crippen LogP contribution in [0.3, 0.4) is 0 Å². The molecule has 1 aliphatic heterocycles. The molecule has 0 spiro atoms. The minimum Gasteiger partial charge on any atom is -0.490 e. The van der Waals surface area contributed by atoms with Crippen molar-refractivity contribution in [3.8, 4) is 5.75 Å². The van der Waals surface area contributed by atoms with E-state index in [1.165, 1.54) is 0 Å². The third-order valence-electron chi connectivity index (χ3n) is 5.24. The van der Waals surface area contributed by atoms with Crippen LogP contribution in [-0.2, 0) is 6.54 Å². The summed E-state index contributed by atoms with van der Waals surface area (Å²) >= 11 is 0. The van der Waals surface area contributed by atoms with Crippen molar-refractivity contribution < 1.29 is 13.9 Å². The van der Waals surface area contributed by atoms with Gasteiger partial charge >= 0.3 is 0 Å². The van der Waals surface area contributed by atoms with E-state index < -0.39 is 0 Å². The van der Waals surface area contributed by atoms with Crippen LogP contribution >= 0.6 is 0 Å². The number of aryl methyl sites for hydroxylation is 1. The molecule has 2 aromatic heterocycles. The highest BCUT2D eigenvalue weighted by atomic mass is 16.5. The lowest BCUT2D eigenvalue weighted by atomic mass is 10.0. The molecule has 1 N–H and O–H groups in total. The number of anilines is 1. The van der Waals surface area contributed by atoms with Gasteiger partial charge in [-0.3, -0.25) is 9.78 Å². The molecule has 30 heavy (non-hydrogen) atoms. The number of rotatable bonds is 7. The van der Waals surface area contributed by atoms with Crippen molar-refractivity contribution in [3.63, 3.8) is 0 Å². The molecule has 1 atom stereocenters. The molecule has 1 aromatic carbocycles. The molecular formula is C23H26N4O3. The van der Waals surface area contributed by atoms with Crippen LogP contribution in [0.15, 0.2) is 59.3 Å². The molecular weight excluding hydrogens is 380 g/mol. The number of nitrogens with one attached hydrogen (secondary N) is 1. The second kappa shape index (κ2) is 9.43. The summed E-state index contributed by atoms with van der Waals surface area (Å²) in [5.41, 5.74) is 1.62. The summed E-state index contributed by atoms with van der Waals surface area (Å²) in [7, 11) is 0. The predicted molar refractivity (Wildman–Crippen MR) is 114 cm³/mol. The van der Waals surface area contributed by atoms with Gasteiger partial charge in [0.15, 0.2) is 0 Å². The van der Waals surface area contributed by atoms with Crippen molar-refractivity contribution in [2.75, 3.05) is 18.1 Å². The van der Waals surface area contributed by atoms with Gasteiger partial charge in [-0.2, -0.15) is 4.98 Å². The normalized spacial score (nSPS) is 16.3. The number of piperidine rings is 1. The summed E-state index contributed by atoms with van der Waals surface area (Å²) in [5, 5.41) is 2.91. The van der Waals surface area contributed by atoms with Crippen LogP contribution in [-0.4, -0.2) is 35.1 Å². The summed E-state index contributed by atoms with van der Waals surface area (Å²) in [5.74, 6) is 0.751. The lowest BCUT2D eigenvalue weighted by Crippen LogP contribution is -2.43. The number of oxazole rings is 1. The lowest BCUT2D eigenvalue weighted by Gasteiger charge is -2.34. The molecule has 3 aromatic rings. The number of amides is 1. The predicted octanol–water partition coefficient (Wildman–Crippen LogP) is 3.75. The summed E-state index contributed by atoms with van der Waals surface area (Å²) in [6, 6.07) is 14.2. The molecule has 1 amide bonds. The first-order valence-electron chi connectivity index (χ1n) is 10.3. The summed E-state index contributed by atoms with van der Waals surface area (Å²) in [6.07, 6.45) is 6.59. The Hall–Kier alpha value is -3.35. The minimum absolute atomic E-state index is 0.136.